The quantitative estimate of drug-likeness (QED) is 0.521. The molecule has 0 fully saturated rings. The van der Waals surface area contributed by atoms with Crippen molar-refractivity contribution >= 4 is 23.6 Å². The number of hydrogen-bond donors (Lipinski definition) is 1. The Morgan fingerprint density at radius 1 is 1.58 bits per heavy atom. The van der Waals surface area contributed by atoms with E-state index >= 15 is 0 Å². The van der Waals surface area contributed by atoms with Crippen molar-refractivity contribution in [1.29, 1.82) is 5.26 Å². The number of methoxy groups -OCH3 is 1. The predicted molar refractivity (Wildman–Crippen MR) is 69.9 cm³/mol. The third-order valence-corrected chi connectivity index (χ3v) is 2.49. The molecule has 1 N–H and O–H groups in total. The zero-order chi connectivity index (χ0) is 14.4. The van der Waals surface area contributed by atoms with Crippen LogP contribution < -0.4 is 4.74 Å². The van der Waals surface area contributed by atoms with Crippen LogP contribution in [0.5, 0.6) is 11.5 Å². The average Bonchev–Trinajstić information content (AvgIpc) is 2.39. The number of carbonyl (C=O) groups is 1. The molecule has 100 valence electrons. The predicted octanol–water partition coefficient (Wildman–Crippen LogP) is 2.52. The lowest BCUT2D eigenvalue weighted by Crippen LogP contribution is -2.06. The van der Waals surface area contributed by atoms with Gasteiger partial charge in [0, 0.05) is 0 Å². The molecule has 0 bridgehead atoms. The fraction of sp³-hybridized carbons (Fsp3) is 0.231. The van der Waals surface area contributed by atoms with Crippen LogP contribution in [-0.2, 0) is 9.53 Å². The summed E-state index contributed by atoms with van der Waals surface area (Å²) in [5, 5.41) is 18.5. The van der Waals surface area contributed by atoms with Gasteiger partial charge in [0.05, 0.1) is 18.7 Å². The van der Waals surface area contributed by atoms with Crippen LogP contribution >= 0.6 is 11.6 Å². The van der Waals surface area contributed by atoms with Crippen molar-refractivity contribution in [3.63, 3.8) is 0 Å². The van der Waals surface area contributed by atoms with Gasteiger partial charge in [-0.2, -0.15) is 5.26 Å². The van der Waals surface area contributed by atoms with E-state index in [2.05, 4.69) is 0 Å². The molecule has 0 unspecified atom stereocenters. The highest BCUT2D eigenvalue weighted by Crippen LogP contribution is 2.35. The number of hydrogen-bond acceptors (Lipinski definition) is 5. The van der Waals surface area contributed by atoms with Gasteiger partial charge in [-0.1, -0.05) is 11.6 Å². The Labute approximate surface area is 115 Å². The van der Waals surface area contributed by atoms with E-state index in [-0.39, 0.29) is 28.7 Å². The first-order valence-electron chi connectivity index (χ1n) is 5.38. The number of nitrogens with zero attached hydrogens (tertiary/aromatic N) is 1. The number of phenols is 1. The van der Waals surface area contributed by atoms with Crippen LogP contribution in [0.3, 0.4) is 0 Å². The number of ether oxygens (including phenoxy) is 2. The largest absolute Gasteiger partial charge is 0.503 e. The molecule has 0 atom stereocenters. The topological polar surface area (TPSA) is 79.6 Å². The van der Waals surface area contributed by atoms with E-state index < -0.39 is 5.97 Å². The Morgan fingerprint density at radius 2 is 2.26 bits per heavy atom. The summed E-state index contributed by atoms with van der Waals surface area (Å²) in [6, 6.07) is 4.62. The molecule has 6 heteroatoms. The lowest BCUT2D eigenvalue weighted by atomic mass is 10.1. The number of phenolic OH excluding ortho intramolecular Hbond substituents is 1. The maximum atomic E-state index is 11.5. The smallest absolute Gasteiger partial charge is 0.348 e. The minimum Gasteiger partial charge on any atom is -0.503 e. The molecule has 5 nitrogen and oxygen atoms in total. The molecule has 0 aliphatic carbocycles. The summed E-state index contributed by atoms with van der Waals surface area (Å²) < 4.78 is 9.66. The highest BCUT2D eigenvalue weighted by Gasteiger charge is 2.12. The normalized spacial score (nSPS) is 10.7. The van der Waals surface area contributed by atoms with E-state index in [0.29, 0.717) is 5.56 Å². The maximum Gasteiger partial charge on any atom is 0.348 e. The van der Waals surface area contributed by atoms with Gasteiger partial charge in [-0.3, -0.25) is 0 Å². The number of halogens is 1. The van der Waals surface area contributed by atoms with Crippen LogP contribution in [0.1, 0.15) is 12.5 Å². The monoisotopic (exact) mass is 281 g/mol. The lowest BCUT2D eigenvalue weighted by molar-refractivity contribution is -0.137. The fourth-order valence-electron chi connectivity index (χ4n) is 1.35. The second-order valence-electron chi connectivity index (χ2n) is 3.44. The average molecular weight is 282 g/mol. The van der Waals surface area contributed by atoms with Crippen LogP contribution in [0.4, 0.5) is 0 Å². The van der Waals surface area contributed by atoms with Gasteiger partial charge in [0.2, 0.25) is 0 Å². The van der Waals surface area contributed by atoms with Crippen molar-refractivity contribution in [2.75, 3.05) is 13.7 Å². The Kier molecular flexibility index (Phi) is 5.22. The summed E-state index contributed by atoms with van der Waals surface area (Å²) in [7, 11) is 1.37. The molecule has 0 aliphatic rings. The molecule has 19 heavy (non-hydrogen) atoms. The van der Waals surface area contributed by atoms with Gasteiger partial charge in [-0.15, -0.1) is 0 Å². The van der Waals surface area contributed by atoms with Gasteiger partial charge in [0.25, 0.3) is 0 Å². The van der Waals surface area contributed by atoms with Crippen molar-refractivity contribution in [2.24, 2.45) is 0 Å². The van der Waals surface area contributed by atoms with Crippen molar-refractivity contribution in [3.8, 4) is 17.6 Å². The van der Waals surface area contributed by atoms with Crippen molar-refractivity contribution in [2.45, 2.75) is 6.92 Å². The molecule has 1 aromatic carbocycles. The molecule has 0 aliphatic heterocycles. The molecule has 0 saturated carbocycles. The summed E-state index contributed by atoms with van der Waals surface area (Å²) in [4.78, 5) is 11.5. The van der Waals surface area contributed by atoms with Crippen molar-refractivity contribution in [3.05, 3.63) is 28.3 Å². The summed E-state index contributed by atoms with van der Waals surface area (Å²) in [6.07, 6.45) is 1.31. The minimum atomic E-state index is -0.715. The van der Waals surface area contributed by atoms with Gasteiger partial charge < -0.3 is 14.6 Å². The van der Waals surface area contributed by atoms with Crippen LogP contribution in [0.15, 0.2) is 17.7 Å². The highest BCUT2D eigenvalue weighted by molar-refractivity contribution is 6.32. The van der Waals surface area contributed by atoms with E-state index in [1.54, 1.807) is 13.0 Å². The maximum absolute atomic E-state index is 11.5. The zero-order valence-corrected chi connectivity index (χ0v) is 11.2. The molecular weight excluding hydrogens is 270 g/mol. The van der Waals surface area contributed by atoms with Gasteiger partial charge in [0.1, 0.15) is 11.6 Å². The van der Waals surface area contributed by atoms with Crippen LogP contribution in [-0.4, -0.2) is 24.8 Å². The molecule has 1 aromatic rings. The number of esters is 1. The lowest BCUT2D eigenvalue weighted by Gasteiger charge is -2.06. The Balaban J connectivity index is 3.20. The van der Waals surface area contributed by atoms with E-state index in [9.17, 15) is 9.90 Å². The Bertz CT molecular complexity index is 560. The van der Waals surface area contributed by atoms with Gasteiger partial charge >= 0.3 is 5.97 Å². The van der Waals surface area contributed by atoms with Gasteiger partial charge in [0.15, 0.2) is 11.5 Å². The summed E-state index contributed by atoms with van der Waals surface area (Å²) in [5.74, 6) is -0.760. The molecule has 0 radical (unpaired) electrons. The summed E-state index contributed by atoms with van der Waals surface area (Å²) >= 11 is 5.81. The second-order valence-corrected chi connectivity index (χ2v) is 3.85. The van der Waals surface area contributed by atoms with Gasteiger partial charge in [-0.25, -0.2) is 4.79 Å². The molecule has 0 heterocycles. The van der Waals surface area contributed by atoms with E-state index in [1.165, 1.54) is 25.3 Å². The molecule has 0 aromatic heterocycles. The number of nitriles is 1. The zero-order valence-electron chi connectivity index (χ0n) is 10.4. The van der Waals surface area contributed by atoms with E-state index in [1.807, 2.05) is 0 Å². The number of benzene rings is 1. The second kappa shape index (κ2) is 6.66. The van der Waals surface area contributed by atoms with Gasteiger partial charge in [-0.05, 0) is 30.7 Å². The minimum absolute atomic E-state index is 0.0618. The molecule has 0 amide bonds. The Hall–Kier alpha value is -2.19. The number of carbonyl (C=O) groups excluding carboxylic acids is 1. The number of rotatable bonds is 4. The summed E-state index contributed by atoms with van der Waals surface area (Å²) in [5.41, 5.74) is 0.287. The Morgan fingerprint density at radius 3 is 2.79 bits per heavy atom. The molecular formula is C13H12ClNO4. The third-order valence-electron chi connectivity index (χ3n) is 2.20. The van der Waals surface area contributed by atoms with Crippen molar-refractivity contribution < 1.29 is 19.4 Å². The van der Waals surface area contributed by atoms with Crippen molar-refractivity contribution in [1.82, 2.24) is 0 Å². The molecule has 0 spiro atoms. The number of aromatic hydroxyl groups is 1. The SMILES string of the molecule is CCOC(=O)/C(C#N)=C/c1cc(Cl)c(O)c(OC)c1. The first kappa shape index (κ1) is 14.9. The third kappa shape index (κ3) is 3.63. The van der Waals surface area contributed by atoms with E-state index in [0.717, 1.165) is 0 Å². The fourth-order valence-corrected chi connectivity index (χ4v) is 1.56. The molecule has 1 rings (SSSR count). The standard InChI is InChI=1S/C13H12ClNO4/c1-3-19-13(17)9(7-15)4-8-5-10(14)12(16)11(6-8)18-2/h4-6,16H,3H2,1-2H3/b9-4+. The highest BCUT2D eigenvalue weighted by atomic mass is 35.5. The van der Waals surface area contributed by atoms with E-state index in [4.69, 9.17) is 26.3 Å². The van der Waals surface area contributed by atoms with Crippen LogP contribution in [0, 0.1) is 11.3 Å². The van der Waals surface area contributed by atoms with Crippen LogP contribution in [0.25, 0.3) is 6.08 Å². The summed E-state index contributed by atoms with van der Waals surface area (Å²) in [6.45, 7) is 1.82. The first-order valence-corrected chi connectivity index (χ1v) is 5.76. The van der Waals surface area contributed by atoms with Crippen LogP contribution in [0.2, 0.25) is 5.02 Å². The molecule has 0 saturated heterocycles. The first-order chi connectivity index (χ1) is 9.03.